The third kappa shape index (κ3) is 5.37. The molecule has 0 atom stereocenters. The van der Waals surface area contributed by atoms with Gasteiger partial charge in [0.2, 0.25) is 0 Å². The van der Waals surface area contributed by atoms with Crippen molar-refractivity contribution >= 4 is 17.2 Å². The number of aliphatic hydroxyl groups is 1. The summed E-state index contributed by atoms with van der Waals surface area (Å²) in [5, 5.41) is 9.18. The van der Waals surface area contributed by atoms with E-state index in [1.165, 1.54) is 16.0 Å². The number of likely N-dealkylation sites (tertiary alicyclic amines) is 1. The smallest absolute Gasteiger partial charge is 0.264 e. The van der Waals surface area contributed by atoms with Gasteiger partial charge < -0.3 is 14.7 Å². The van der Waals surface area contributed by atoms with Crippen molar-refractivity contribution in [2.45, 2.75) is 51.2 Å². The number of ether oxygens (including phenoxy) is 1. The van der Waals surface area contributed by atoms with Gasteiger partial charge in [-0.05, 0) is 48.4 Å². The molecule has 2 fully saturated rings. The summed E-state index contributed by atoms with van der Waals surface area (Å²) in [6, 6.07) is 12.6. The van der Waals surface area contributed by atoms with Gasteiger partial charge in [-0.15, -0.1) is 11.3 Å². The van der Waals surface area contributed by atoms with Crippen LogP contribution in [0.25, 0.3) is 0 Å². The van der Waals surface area contributed by atoms with Crippen molar-refractivity contribution in [2.24, 2.45) is 0 Å². The van der Waals surface area contributed by atoms with Crippen molar-refractivity contribution < 1.29 is 14.6 Å². The highest BCUT2D eigenvalue weighted by atomic mass is 32.1. The minimum Gasteiger partial charge on any atom is -0.396 e. The van der Waals surface area contributed by atoms with Gasteiger partial charge in [-0.3, -0.25) is 9.69 Å². The molecular formula is C25H34N2O3S. The van der Waals surface area contributed by atoms with Gasteiger partial charge in [0.05, 0.1) is 23.6 Å². The molecule has 5 nitrogen and oxygen atoms in total. The molecule has 4 rings (SSSR count). The summed E-state index contributed by atoms with van der Waals surface area (Å²) in [4.78, 5) is 19.7. The standard InChI is InChI=1S/C25H34N2O3S/c1-19(2)22-6-7-23(31-22)24(29)27-13-15-30-25(18-27)9-11-26(12-10-25)17-21-5-3-4-20(16-21)8-14-28/h3-7,16,19,28H,8-15,17-18H2,1-2H3. The zero-order valence-electron chi connectivity index (χ0n) is 18.7. The number of amides is 1. The first-order chi connectivity index (χ1) is 15.0. The molecule has 0 radical (unpaired) electrons. The number of morpholine rings is 1. The van der Waals surface area contributed by atoms with Crippen LogP contribution in [0, 0.1) is 0 Å². The van der Waals surface area contributed by atoms with Crippen molar-refractivity contribution in [3.63, 3.8) is 0 Å². The minimum absolute atomic E-state index is 0.155. The maximum atomic E-state index is 13.1. The minimum atomic E-state index is -0.207. The molecule has 0 aliphatic carbocycles. The Morgan fingerprint density at radius 1 is 1.16 bits per heavy atom. The fraction of sp³-hybridized carbons (Fsp3) is 0.560. The molecule has 0 saturated carbocycles. The number of hydrogen-bond donors (Lipinski definition) is 1. The van der Waals surface area contributed by atoms with E-state index in [1.54, 1.807) is 11.3 Å². The van der Waals surface area contributed by atoms with E-state index in [-0.39, 0.29) is 18.1 Å². The SMILES string of the molecule is CC(C)c1ccc(C(=O)N2CCOC3(CCN(Cc4cccc(CCO)c4)CC3)C2)s1. The van der Waals surface area contributed by atoms with E-state index >= 15 is 0 Å². The van der Waals surface area contributed by atoms with Crippen molar-refractivity contribution in [3.05, 3.63) is 57.3 Å². The Labute approximate surface area is 189 Å². The number of nitrogens with zero attached hydrogens (tertiary/aromatic N) is 2. The monoisotopic (exact) mass is 442 g/mol. The predicted molar refractivity (Wildman–Crippen MR) is 125 cm³/mol. The Morgan fingerprint density at radius 3 is 2.65 bits per heavy atom. The van der Waals surface area contributed by atoms with E-state index in [9.17, 15) is 9.90 Å². The molecule has 0 unspecified atom stereocenters. The second-order valence-corrected chi connectivity index (χ2v) is 10.3. The molecule has 1 N–H and O–H groups in total. The summed E-state index contributed by atoms with van der Waals surface area (Å²) in [6.45, 7) is 9.39. The second kappa shape index (κ2) is 9.82. The summed E-state index contributed by atoms with van der Waals surface area (Å²) < 4.78 is 6.27. The molecule has 1 aromatic heterocycles. The van der Waals surface area contributed by atoms with Crippen LogP contribution in [0.3, 0.4) is 0 Å². The van der Waals surface area contributed by atoms with Gasteiger partial charge >= 0.3 is 0 Å². The number of hydrogen-bond acceptors (Lipinski definition) is 5. The van der Waals surface area contributed by atoms with Crippen molar-refractivity contribution in [1.82, 2.24) is 9.80 Å². The maximum Gasteiger partial charge on any atom is 0.264 e. The Kier molecular flexibility index (Phi) is 7.12. The molecule has 6 heteroatoms. The molecule has 1 amide bonds. The lowest BCUT2D eigenvalue weighted by Gasteiger charge is -2.47. The highest BCUT2D eigenvalue weighted by Crippen LogP contribution is 2.32. The zero-order valence-corrected chi connectivity index (χ0v) is 19.5. The molecule has 2 aliphatic heterocycles. The van der Waals surface area contributed by atoms with Crippen LogP contribution in [0.1, 0.15) is 58.3 Å². The highest BCUT2D eigenvalue weighted by molar-refractivity contribution is 7.14. The number of thiophene rings is 1. The summed E-state index contributed by atoms with van der Waals surface area (Å²) in [5.41, 5.74) is 2.27. The number of carbonyl (C=O) groups excluding carboxylic acids is 1. The maximum absolute atomic E-state index is 13.1. The number of rotatable bonds is 6. The first-order valence-corrected chi connectivity index (χ1v) is 12.2. The second-order valence-electron chi connectivity index (χ2n) is 9.18. The van der Waals surface area contributed by atoms with Crippen LogP contribution < -0.4 is 0 Å². The van der Waals surface area contributed by atoms with Crippen LogP contribution in [-0.4, -0.2) is 65.8 Å². The molecule has 2 saturated heterocycles. The first-order valence-electron chi connectivity index (χ1n) is 11.4. The molecular weight excluding hydrogens is 408 g/mol. The first kappa shape index (κ1) is 22.5. The fourth-order valence-corrected chi connectivity index (χ4v) is 5.62. The van der Waals surface area contributed by atoms with Crippen LogP contribution in [-0.2, 0) is 17.7 Å². The van der Waals surface area contributed by atoms with Gasteiger partial charge in [0.25, 0.3) is 5.91 Å². The molecule has 0 bridgehead atoms. The van der Waals surface area contributed by atoms with Crippen molar-refractivity contribution in [2.75, 3.05) is 39.4 Å². The van der Waals surface area contributed by atoms with Gasteiger partial charge in [-0.1, -0.05) is 38.1 Å². The van der Waals surface area contributed by atoms with Gasteiger partial charge in [0.15, 0.2) is 0 Å². The van der Waals surface area contributed by atoms with Gasteiger partial charge in [0, 0.05) is 37.7 Å². The molecule has 31 heavy (non-hydrogen) atoms. The summed E-state index contributed by atoms with van der Waals surface area (Å²) in [7, 11) is 0. The van der Waals surface area contributed by atoms with E-state index < -0.39 is 0 Å². The Balaban J connectivity index is 1.34. The average Bonchev–Trinajstić information content (AvgIpc) is 3.26. The lowest BCUT2D eigenvalue weighted by molar-refractivity contribution is -0.127. The third-order valence-corrected chi connectivity index (χ3v) is 7.88. The highest BCUT2D eigenvalue weighted by Gasteiger charge is 2.41. The van der Waals surface area contributed by atoms with Crippen LogP contribution in [0.2, 0.25) is 0 Å². The normalized spacial score (nSPS) is 19.3. The molecule has 1 aromatic carbocycles. The molecule has 1 spiro atoms. The largest absolute Gasteiger partial charge is 0.396 e. The van der Waals surface area contributed by atoms with Gasteiger partial charge in [-0.2, -0.15) is 0 Å². The lowest BCUT2D eigenvalue weighted by Crippen LogP contribution is -2.57. The van der Waals surface area contributed by atoms with Crippen LogP contribution in [0.4, 0.5) is 0 Å². The molecule has 3 heterocycles. The van der Waals surface area contributed by atoms with E-state index in [4.69, 9.17) is 4.74 Å². The third-order valence-electron chi connectivity index (χ3n) is 6.51. The quantitative estimate of drug-likeness (QED) is 0.737. The van der Waals surface area contributed by atoms with E-state index in [1.807, 2.05) is 11.0 Å². The number of aliphatic hydroxyl groups excluding tert-OH is 1. The van der Waals surface area contributed by atoms with Gasteiger partial charge in [0.1, 0.15) is 0 Å². The van der Waals surface area contributed by atoms with Crippen molar-refractivity contribution in [3.8, 4) is 0 Å². The van der Waals surface area contributed by atoms with E-state index in [0.29, 0.717) is 32.0 Å². The summed E-state index contributed by atoms with van der Waals surface area (Å²) in [5.74, 6) is 0.610. The van der Waals surface area contributed by atoms with Crippen LogP contribution in [0.15, 0.2) is 36.4 Å². The zero-order chi connectivity index (χ0) is 21.8. The molecule has 168 valence electrons. The Hall–Kier alpha value is -1.73. The number of piperidine rings is 1. The molecule has 2 aliphatic rings. The Bertz CT molecular complexity index is 886. The van der Waals surface area contributed by atoms with Crippen LogP contribution in [0.5, 0.6) is 0 Å². The van der Waals surface area contributed by atoms with Crippen LogP contribution >= 0.6 is 11.3 Å². The number of benzene rings is 1. The van der Waals surface area contributed by atoms with Gasteiger partial charge in [-0.25, -0.2) is 0 Å². The van der Waals surface area contributed by atoms with Crippen molar-refractivity contribution in [1.29, 1.82) is 0 Å². The topological polar surface area (TPSA) is 53.0 Å². The number of carbonyl (C=O) groups is 1. The molecule has 2 aromatic rings. The predicted octanol–water partition coefficient (Wildman–Crippen LogP) is 3.91. The Morgan fingerprint density at radius 2 is 1.94 bits per heavy atom. The van der Waals surface area contributed by atoms with E-state index in [0.717, 1.165) is 37.4 Å². The average molecular weight is 443 g/mol. The lowest BCUT2D eigenvalue weighted by atomic mass is 9.89. The summed E-state index contributed by atoms with van der Waals surface area (Å²) in [6.07, 6.45) is 2.61. The van der Waals surface area contributed by atoms with E-state index in [2.05, 4.69) is 49.1 Å². The summed E-state index contributed by atoms with van der Waals surface area (Å²) >= 11 is 1.63. The fourth-order valence-electron chi connectivity index (χ4n) is 4.64.